The van der Waals surface area contributed by atoms with Crippen LogP contribution in [0.4, 0.5) is 4.39 Å². The van der Waals surface area contributed by atoms with Crippen LogP contribution in [0.5, 0.6) is 0 Å². The molecule has 0 spiro atoms. The topological polar surface area (TPSA) is 66.4 Å². The van der Waals surface area contributed by atoms with E-state index in [-0.39, 0.29) is 17.8 Å². The molecule has 114 valence electrons. The van der Waals surface area contributed by atoms with Crippen LogP contribution in [0.2, 0.25) is 0 Å². The fourth-order valence-corrected chi connectivity index (χ4v) is 3.35. The third-order valence-electron chi connectivity index (χ3n) is 3.59. The van der Waals surface area contributed by atoms with E-state index in [2.05, 4.69) is 5.32 Å². The Bertz CT molecular complexity index is 506. The molecule has 6 heteroatoms. The minimum Gasteiger partial charge on any atom is -0.481 e. The molecule has 1 saturated carbocycles. The first-order chi connectivity index (χ1) is 10.1. The molecule has 0 heterocycles. The van der Waals surface area contributed by atoms with Crippen molar-refractivity contribution >= 4 is 23.6 Å². The molecule has 0 bridgehead atoms. The quantitative estimate of drug-likeness (QED) is 0.793. The van der Waals surface area contributed by atoms with Crippen molar-refractivity contribution in [2.75, 3.05) is 5.75 Å². The van der Waals surface area contributed by atoms with Crippen LogP contribution in [-0.4, -0.2) is 28.8 Å². The summed E-state index contributed by atoms with van der Waals surface area (Å²) in [6.45, 7) is 0. The van der Waals surface area contributed by atoms with Crippen molar-refractivity contribution < 1.29 is 19.1 Å². The largest absolute Gasteiger partial charge is 0.481 e. The lowest BCUT2D eigenvalue weighted by Gasteiger charge is -2.17. The number of hydrogen-bond donors (Lipinski definition) is 2. The van der Waals surface area contributed by atoms with E-state index in [1.54, 1.807) is 12.1 Å². The second kappa shape index (κ2) is 7.45. The Kier molecular flexibility index (Phi) is 5.61. The lowest BCUT2D eigenvalue weighted by molar-refractivity contribution is -0.142. The maximum atomic E-state index is 12.7. The van der Waals surface area contributed by atoms with Gasteiger partial charge in [-0.2, -0.15) is 0 Å². The number of carboxylic acid groups (broad SMARTS) is 1. The molecule has 0 saturated heterocycles. The van der Waals surface area contributed by atoms with Gasteiger partial charge < -0.3 is 10.4 Å². The summed E-state index contributed by atoms with van der Waals surface area (Å²) in [5, 5.41) is 11.9. The second-order valence-corrected chi connectivity index (χ2v) is 6.27. The minimum absolute atomic E-state index is 0.122. The fraction of sp³-hybridized carbons (Fsp3) is 0.467. The van der Waals surface area contributed by atoms with Crippen LogP contribution < -0.4 is 5.32 Å². The Morgan fingerprint density at radius 1 is 1.29 bits per heavy atom. The van der Waals surface area contributed by atoms with Gasteiger partial charge in [0.05, 0.1) is 5.92 Å². The number of nitrogens with one attached hydrogen (secondary N) is 1. The van der Waals surface area contributed by atoms with Gasteiger partial charge in [0, 0.05) is 23.1 Å². The molecule has 1 amide bonds. The summed E-state index contributed by atoms with van der Waals surface area (Å²) in [7, 11) is 0. The average Bonchev–Trinajstić information content (AvgIpc) is 2.89. The van der Waals surface area contributed by atoms with Crippen LogP contribution in [-0.2, 0) is 9.59 Å². The molecule has 1 aromatic rings. The summed E-state index contributed by atoms with van der Waals surface area (Å²) in [6, 6.07) is 5.88. The average molecular weight is 311 g/mol. The zero-order chi connectivity index (χ0) is 15.2. The van der Waals surface area contributed by atoms with E-state index in [1.165, 1.54) is 23.9 Å². The zero-order valence-corrected chi connectivity index (χ0v) is 12.4. The Balaban J connectivity index is 1.72. The second-order valence-electron chi connectivity index (χ2n) is 5.10. The maximum absolute atomic E-state index is 12.7. The van der Waals surface area contributed by atoms with E-state index in [9.17, 15) is 14.0 Å². The van der Waals surface area contributed by atoms with Gasteiger partial charge in [-0.1, -0.05) is 6.42 Å². The van der Waals surface area contributed by atoms with Crippen LogP contribution in [0, 0.1) is 11.7 Å². The summed E-state index contributed by atoms with van der Waals surface area (Å²) < 4.78 is 12.7. The number of benzene rings is 1. The normalized spacial score (nSPS) is 21.2. The number of carbonyl (C=O) groups is 2. The number of aliphatic carboxylic acids is 1. The predicted molar refractivity (Wildman–Crippen MR) is 78.6 cm³/mol. The van der Waals surface area contributed by atoms with Crippen LogP contribution in [0.15, 0.2) is 29.2 Å². The van der Waals surface area contributed by atoms with Crippen LogP contribution in [0.1, 0.15) is 25.7 Å². The van der Waals surface area contributed by atoms with Crippen molar-refractivity contribution in [1.29, 1.82) is 0 Å². The highest BCUT2D eigenvalue weighted by Crippen LogP contribution is 2.26. The van der Waals surface area contributed by atoms with Crippen LogP contribution in [0.3, 0.4) is 0 Å². The molecule has 1 fully saturated rings. The minimum atomic E-state index is -0.835. The summed E-state index contributed by atoms with van der Waals surface area (Å²) in [6.07, 6.45) is 2.52. The number of carbonyl (C=O) groups excluding carboxylic acids is 1. The Morgan fingerprint density at radius 3 is 2.67 bits per heavy atom. The first-order valence-electron chi connectivity index (χ1n) is 6.97. The lowest BCUT2D eigenvalue weighted by atomic mass is 10.0. The van der Waals surface area contributed by atoms with E-state index in [1.807, 2.05) is 0 Å². The van der Waals surface area contributed by atoms with Gasteiger partial charge in [-0.05, 0) is 37.1 Å². The van der Waals surface area contributed by atoms with E-state index < -0.39 is 11.9 Å². The summed E-state index contributed by atoms with van der Waals surface area (Å²) in [5.74, 6) is -1.11. The Labute approximate surface area is 127 Å². The van der Waals surface area contributed by atoms with Crippen molar-refractivity contribution in [3.8, 4) is 0 Å². The SMILES string of the molecule is O=C(CCSc1ccc(F)cc1)NC1CCCC1C(=O)O. The summed E-state index contributed by atoms with van der Waals surface area (Å²) in [4.78, 5) is 23.8. The maximum Gasteiger partial charge on any atom is 0.308 e. The number of hydrogen-bond acceptors (Lipinski definition) is 3. The molecular weight excluding hydrogens is 293 g/mol. The third kappa shape index (κ3) is 4.74. The van der Waals surface area contributed by atoms with Crippen molar-refractivity contribution in [1.82, 2.24) is 5.32 Å². The molecule has 21 heavy (non-hydrogen) atoms. The zero-order valence-electron chi connectivity index (χ0n) is 11.5. The molecule has 2 rings (SSSR count). The molecule has 2 N–H and O–H groups in total. The summed E-state index contributed by atoms with van der Waals surface area (Å²) >= 11 is 1.48. The van der Waals surface area contributed by atoms with Crippen molar-refractivity contribution in [2.45, 2.75) is 36.6 Å². The lowest BCUT2D eigenvalue weighted by Crippen LogP contribution is -2.40. The summed E-state index contributed by atoms with van der Waals surface area (Å²) in [5.41, 5.74) is 0. The van der Waals surface area contributed by atoms with Crippen molar-refractivity contribution in [3.05, 3.63) is 30.1 Å². The van der Waals surface area contributed by atoms with E-state index in [0.29, 0.717) is 18.6 Å². The molecule has 1 aliphatic carbocycles. The predicted octanol–water partition coefficient (Wildman–Crippen LogP) is 2.68. The number of rotatable bonds is 6. The van der Waals surface area contributed by atoms with Crippen LogP contribution in [0.25, 0.3) is 0 Å². The highest BCUT2D eigenvalue weighted by Gasteiger charge is 2.33. The van der Waals surface area contributed by atoms with Gasteiger partial charge >= 0.3 is 5.97 Å². The molecule has 1 aliphatic rings. The van der Waals surface area contributed by atoms with Gasteiger partial charge in [-0.15, -0.1) is 11.8 Å². The van der Waals surface area contributed by atoms with Crippen molar-refractivity contribution in [2.24, 2.45) is 5.92 Å². The molecule has 4 nitrogen and oxygen atoms in total. The Hall–Kier alpha value is -1.56. The third-order valence-corrected chi connectivity index (χ3v) is 4.60. The standard InChI is InChI=1S/C15H18FNO3S/c16-10-4-6-11(7-5-10)21-9-8-14(18)17-13-3-1-2-12(13)15(19)20/h4-7,12-13H,1-3,8-9H2,(H,17,18)(H,19,20). The van der Waals surface area contributed by atoms with E-state index in [4.69, 9.17) is 5.11 Å². The van der Waals surface area contributed by atoms with Gasteiger partial charge in [0.2, 0.25) is 5.91 Å². The van der Waals surface area contributed by atoms with Gasteiger partial charge in [-0.3, -0.25) is 9.59 Å². The van der Waals surface area contributed by atoms with Gasteiger partial charge in [-0.25, -0.2) is 4.39 Å². The number of carboxylic acids is 1. The monoisotopic (exact) mass is 311 g/mol. The van der Waals surface area contributed by atoms with Gasteiger partial charge in [0.1, 0.15) is 5.82 Å². The number of thioether (sulfide) groups is 1. The smallest absolute Gasteiger partial charge is 0.308 e. The molecule has 1 aromatic carbocycles. The molecule has 0 radical (unpaired) electrons. The highest BCUT2D eigenvalue weighted by molar-refractivity contribution is 7.99. The molecule has 2 atom stereocenters. The van der Waals surface area contributed by atoms with Gasteiger partial charge in [0.25, 0.3) is 0 Å². The number of amides is 1. The van der Waals surface area contributed by atoms with Gasteiger partial charge in [0.15, 0.2) is 0 Å². The van der Waals surface area contributed by atoms with E-state index >= 15 is 0 Å². The molecular formula is C15H18FNO3S. The Morgan fingerprint density at radius 2 is 2.00 bits per heavy atom. The molecule has 2 unspecified atom stereocenters. The first-order valence-corrected chi connectivity index (χ1v) is 7.95. The molecule has 0 aromatic heterocycles. The first kappa shape index (κ1) is 15.8. The fourth-order valence-electron chi connectivity index (χ4n) is 2.50. The van der Waals surface area contributed by atoms with Crippen LogP contribution >= 0.6 is 11.8 Å². The van der Waals surface area contributed by atoms with E-state index in [0.717, 1.165) is 17.7 Å². The van der Waals surface area contributed by atoms with Crippen molar-refractivity contribution in [3.63, 3.8) is 0 Å². The highest BCUT2D eigenvalue weighted by atomic mass is 32.2. The number of halogens is 1. The molecule has 0 aliphatic heterocycles.